The summed E-state index contributed by atoms with van der Waals surface area (Å²) in [5.74, 6) is 0.871. The number of morpholine rings is 1. The smallest absolute Gasteiger partial charge is 0.225 e. The van der Waals surface area contributed by atoms with Crippen LogP contribution in [0.3, 0.4) is 0 Å². The lowest BCUT2D eigenvalue weighted by Gasteiger charge is -2.47. The third-order valence-corrected chi connectivity index (χ3v) is 8.41. The van der Waals surface area contributed by atoms with Crippen molar-refractivity contribution in [3.63, 3.8) is 0 Å². The Kier molecular flexibility index (Phi) is 12.5. The minimum absolute atomic E-state index is 0.0508. The number of likely N-dealkylation sites (N-methyl/N-ethyl adjacent to an activating group) is 1. The molecule has 0 N–H and O–H groups in total. The summed E-state index contributed by atoms with van der Waals surface area (Å²) < 4.78 is 22.6. The van der Waals surface area contributed by atoms with Crippen molar-refractivity contribution < 1.29 is 23.7 Å². The predicted octanol–water partition coefficient (Wildman–Crippen LogP) is 3.12. The number of benzene rings is 1. The van der Waals surface area contributed by atoms with Gasteiger partial charge in [-0.2, -0.15) is 0 Å². The van der Waals surface area contributed by atoms with Gasteiger partial charge in [0.25, 0.3) is 0 Å². The van der Waals surface area contributed by atoms with E-state index in [-0.39, 0.29) is 11.5 Å². The fraction of sp³-hybridized carbons (Fsp3) is 0.656. The van der Waals surface area contributed by atoms with Crippen LogP contribution in [0.5, 0.6) is 0 Å². The van der Waals surface area contributed by atoms with Crippen LogP contribution in [-0.2, 0) is 36.6 Å². The molecule has 0 saturated carbocycles. The number of carbonyl (C=O) groups excluding carboxylic acids is 1. The topological polar surface area (TPSA) is 89.5 Å². The van der Waals surface area contributed by atoms with Crippen molar-refractivity contribution in [2.45, 2.75) is 57.8 Å². The molecule has 2 aliphatic rings. The number of amides is 1. The minimum atomic E-state index is -0.412. The molecule has 0 atom stereocenters. The molecule has 1 aromatic carbocycles. The molecule has 2 fully saturated rings. The number of likely N-dealkylation sites (tertiary alicyclic amines) is 1. The number of carbonyl (C=O) groups is 1. The second-order valence-corrected chi connectivity index (χ2v) is 11.3. The summed E-state index contributed by atoms with van der Waals surface area (Å²) in [5.41, 5.74) is 3.52. The molecular weight excluding hydrogens is 534 g/mol. The highest BCUT2D eigenvalue weighted by Crippen LogP contribution is 2.31. The molecule has 0 unspecified atom stereocenters. The van der Waals surface area contributed by atoms with Crippen LogP contribution in [0.1, 0.15) is 43.0 Å². The van der Waals surface area contributed by atoms with Gasteiger partial charge < -0.3 is 33.6 Å². The first-order valence-corrected chi connectivity index (χ1v) is 15.3. The third kappa shape index (κ3) is 9.44. The Hall–Kier alpha value is -2.63. The predicted molar refractivity (Wildman–Crippen MR) is 163 cm³/mol. The van der Waals surface area contributed by atoms with Crippen molar-refractivity contribution in [2.75, 3.05) is 84.8 Å². The summed E-state index contributed by atoms with van der Waals surface area (Å²) >= 11 is 0. The lowest BCUT2D eigenvalue weighted by molar-refractivity contribution is -0.145. The van der Waals surface area contributed by atoms with Gasteiger partial charge in [0.2, 0.25) is 11.9 Å². The highest BCUT2D eigenvalue weighted by Gasteiger charge is 2.40. The largest absolute Gasteiger partial charge is 0.381 e. The van der Waals surface area contributed by atoms with E-state index < -0.39 is 6.29 Å². The van der Waals surface area contributed by atoms with Crippen LogP contribution < -0.4 is 4.90 Å². The van der Waals surface area contributed by atoms with E-state index in [1.54, 1.807) is 19.1 Å². The first-order chi connectivity index (χ1) is 20.4. The first kappa shape index (κ1) is 32.3. The zero-order valence-electron chi connectivity index (χ0n) is 25.9. The minimum Gasteiger partial charge on any atom is -0.381 e. The number of anilines is 1. The van der Waals surface area contributed by atoms with Crippen LogP contribution >= 0.6 is 0 Å². The molecule has 1 amide bonds. The molecule has 232 valence electrons. The van der Waals surface area contributed by atoms with Gasteiger partial charge in [-0.3, -0.25) is 4.79 Å². The van der Waals surface area contributed by atoms with Crippen molar-refractivity contribution in [3.8, 4) is 0 Å². The molecule has 10 heteroatoms. The Labute approximate surface area is 251 Å². The van der Waals surface area contributed by atoms with Gasteiger partial charge in [0.1, 0.15) is 0 Å². The number of nitrogens with zero attached hydrogens (tertiary/aromatic N) is 5. The van der Waals surface area contributed by atoms with Gasteiger partial charge in [-0.1, -0.05) is 24.3 Å². The van der Waals surface area contributed by atoms with Gasteiger partial charge in [0, 0.05) is 58.8 Å². The number of ether oxygens (including phenoxy) is 4. The number of methoxy groups -OCH3 is 2. The van der Waals surface area contributed by atoms with Crippen LogP contribution in [0.2, 0.25) is 0 Å². The SMILES string of the molecule is CCN(CC(OC)OC)C(=O)CCOCCc1cccc(CCN2CCC3(CC2)CN(c2nccc(C)n2)CCO3)c1. The van der Waals surface area contributed by atoms with Gasteiger partial charge in [-0.25, -0.2) is 9.97 Å². The fourth-order valence-corrected chi connectivity index (χ4v) is 5.76. The van der Waals surface area contributed by atoms with E-state index in [4.69, 9.17) is 18.9 Å². The fourth-order valence-electron chi connectivity index (χ4n) is 5.76. The maximum Gasteiger partial charge on any atom is 0.225 e. The van der Waals surface area contributed by atoms with Gasteiger partial charge in [-0.05, 0) is 56.7 Å². The second-order valence-electron chi connectivity index (χ2n) is 11.3. The molecule has 2 saturated heterocycles. The van der Waals surface area contributed by atoms with Crippen molar-refractivity contribution >= 4 is 11.9 Å². The number of hydrogen-bond donors (Lipinski definition) is 0. The Balaban J connectivity index is 1.14. The van der Waals surface area contributed by atoms with E-state index in [9.17, 15) is 4.79 Å². The van der Waals surface area contributed by atoms with E-state index in [2.05, 4.69) is 44.0 Å². The van der Waals surface area contributed by atoms with Crippen LogP contribution in [0, 0.1) is 6.92 Å². The summed E-state index contributed by atoms with van der Waals surface area (Å²) in [5, 5.41) is 0. The molecule has 0 radical (unpaired) electrons. The lowest BCUT2D eigenvalue weighted by atomic mass is 9.89. The Morgan fingerprint density at radius 2 is 1.86 bits per heavy atom. The van der Waals surface area contributed by atoms with E-state index in [1.807, 2.05) is 26.1 Å². The number of aryl methyl sites for hydroxylation is 1. The molecule has 1 spiro atoms. The van der Waals surface area contributed by atoms with Crippen LogP contribution in [0.15, 0.2) is 36.5 Å². The van der Waals surface area contributed by atoms with Gasteiger partial charge in [0.15, 0.2) is 6.29 Å². The normalized spacial score (nSPS) is 17.2. The summed E-state index contributed by atoms with van der Waals surface area (Å²) in [4.78, 5) is 28.2. The number of hydrogen-bond acceptors (Lipinski definition) is 9. The summed E-state index contributed by atoms with van der Waals surface area (Å²) in [7, 11) is 3.16. The van der Waals surface area contributed by atoms with E-state index >= 15 is 0 Å². The standard InChI is InChI=1S/C32H49N5O5/c1-5-36(24-30(39-3)40-4)29(38)12-21-41-20-11-28-8-6-7-27(23-28)10-16-35-17-13-32(14-18-35)25-37(19-22-42-32)31-33-15-9-26(2)34-31/h6-9,15,23,30H,5,10-14,16-22,24-25H2,1-4H3. The average Bonchev–Trinajstić information content (AvgIpc) is 3.01. The van der Waals surface area contributed by atoms with E-state index in [0.29, 0.717) is 32.7 Å². The molecular formula is C32H49N5O5. The number of aromatic nitrogens is 2. The maximum absolute atomic E-state index is 12.5. The van der Waals surface area contributed by atoms with Crippen LogP contribution in [-0.4, -0.2) is 117 Å². The third-order valence-electron chi connectivity index (χ3n) is 8.41. The summed E-state index contributed by atoms with van der Waals surface area (Å²) in [6.07, 6.45) is 5.71. The molecule has 0 aliphatic carbocycles. The number of piperidine rings is 1. The van der Waals surface area contributed by atoms with Crippen molar-refractivity contribution in [1.82, 2.24) is 19.8 Å². The monoisotopic (exact) mass is 583 g/mol. The first-order valence-electron chi connectivity index (χ1n) is 15.3. The molecule has 3 heterocycles. The molecule has 42 heavy (non-hydrogen) atoms. The lowest BCUT2D eigenvalue weighted by Crippen LogP contribution is -2.57. The van der Waals surface area contributed by atoms with Crippen molar-refractivity contribution in [3.05, 3.63) is 53.3 Å². The molecule has 0 bridgehead atoms. The highest BCUT2D eigenvalue weighted by atomic mass is 16.7. The molecule has 2 aliphatic heterocycles. The van der Waals surface area contributed by atoms with E-state index in [1.165, 1.54) is 11.1 Å². The van der Waals surface area contributed by atoms with Gasteiger partial charge >= 0.3 is 0 Å². The Morgan fingerprint density at radius 3 is 2.57 bits per heavy atom. The molecule has 1 aromatic heterocycles. The quantitative estimate of drug-likeness (QED) is 0.232. The van der Waals surface area contributed by atoms with E-state index in [0.717, 1.165) is 76.7 Å². The zero-order valence-corrected chi connectivity index (χ0v) is 25.9. The highest BCUT2D eigenvalue weighted by molar-refractivity contribution is 5.76. The van der Waals surface area contributed by atoms with Gasteiger partial charge in [0.05, 0.1) is 44.9 Å². The maximum atomic E-state index is 12.5. The average molecular weight is 584 g/mol. The summed E-state index contributed by atoms with van der Waals surface area (Å²) in [6.45, 7) is 11.6. The molecule has 4 rings (SSSR count). The zero-order chi connectivity index (χ0) is 29.8. The van der Waals surface area contributed by atoms with Crippen molar-refractivity contribution in [2.24, 2.45) is 0 Å². The van der Waals surface area contributed by atoms with Crippen LogP contribution in [0.25, 0.3) is 0 Å². The van der Waals surface area contributed by atoms with Crippen LogP contribution in [0.4, 0.5) is 5.95 Å². The Bertz CT molecular complexity index is 1110. The molecule has 10 nitrogen and oxygen atoms in total. The summed E-state index contributed by atoms with van der Waals surface area (Å²) in [6, 6.07) is 10.7. The second kappa shape index (κ2) is 16.3. The van der Waals surface area contributed by atoms with Crippen molar-refractivity contribution in [1.29, 1.82) is 0 Å². The number of rotatable bonds is 15. The van der Waals surface area contributed by atoms with Gasteiger partial charge in [-0.15, -0.1) is 0 Å². The molecule has 2 aromatic rings. The Morgan fingerprint density at radius 1 is 1.10 bits per heavy atom.